The minimum Gasteiger partial charge on any atom is -0.377 e. The first-order valence-electron chi connectivity index (χ1n) is 8.75. The fourth-order valence-corrected chi connectivity index (χ4v) is 4.63. The van der Waals surface area contributed by atoms with E-state index in [-0.39, 0.29) is 11.6 Å². The molecule has 0 aromatic carbocycles. The Morgan fingerprint density at radius 3 is 2.25 bits per heavy atom. The summed E-state index contributed by atoms with van der Waals surface area (Å²) in [5.74, 6) is 1.50. The van der Waals surface area contributed by atoms with Gasteiger partial charge in [-0.2, -0.15) is 0 Å². The van der Waals surface area contributed by atoms with Gasteiger partial charge in [0.05, 0.1) is 5.60 Å². The zero-order valence-electron chi connectivity index (χ0n) is 14.1. The fourth-order valence-electron chi connectivity index (χ4n) is 4.63. The van der Waals surface area contributed by atoms with Crippen LogP contribution in [-0.2, 0) is 4.74 Å². The molecule has 0 bridgehead atoms. The van der Waals surface area contributed by atoms with E-state index in [1.54, 1.807) is 0 Å². The van der Waals surface area contributed by atoms with E-state index in [9.17, 15) is 0 Å². The van der Waals surface area contributed by atoms with Gasteiger partial charge in [0.15, 0.2) is 0 Å². The van der Waals surface area contributed by atoms with Crippen molar-refractivity contribution in [1.29, 1.82) is 0 Å². The van der Waals surface area contributed by atoms with Crippen molar-refractivity contribution in [2.45, 2.75) is 90.2 Å². The van der Waals surface area contributed by atoms with E-state index in [1.807, 2.05) is 7.11 Å². The highest BCUT2D eigenvalue weighted by molar-refractivity contribution is 5.01. The summed E-state index contributed by atoms with van der Waals surface area (Å²) in [5, 5.41) is 0. The van der Waals surface area contributed by atoms with Crippen LogP contribution in [0.3, 0.4) is 0 Å². The van der Waals surface area contributed by atoms with E-state index in [0.717, 1.165) is 18.8 Å². The van der Waals surface area contributed by atoms with Crippen LogP contribution < -0.4 is 5.73 Å². The van der Waals surface area contributed by atoms with Crippen LogP contribution in [0.1, 0.15) is 78.6 Å². The van der Waals surface area contributed by atoms with Crippen LogP contribution >= 0.6 is 0 Å². The number of nitrogens with two attached hydrogens (primary N) is 1. The average molecular weight is 281 g/mol. The maximum absolute atomic E-state index is 6.80. The number of methoxy groups -OCH3 is 1. The third-order valence-corrected chi connectivity index (χ3v) is 6.42. The topological polar surface area (TPSA) is 35.2 Å². The highest BCUT2D eigenvalue weighted by Crippen LogP contribution is 2.47. The van der Waals surface area contributed by atoms with Crippen molar-refractivity contribution >= 4 is 0 Å². The molecule has 0 saturated heterocycles. The second kappa shape index (κ2) is 6.36. The lowest BCUT2D eigenvalue weighted by molar-refractivity contribution is -0.0984. The van der Waals surface area contributed by atoms with Gasteiger partial charge < -0.3 is 10.5 Å². The van der Waals surface area contributed by atoms with Crippen LogP contribution in [-0.4, -0.2) is 18.8 Å². The largest absolute Gasteiger partial charge is 0.377 e. The number of hydrogen-bond acceptors (Lipinski definition) is 2. The Bertz CT molecular complexity index is 303. The third kappa shape index (κ3) is 3.22. The van der Waals surface area contributed by atoms with Crippen LogP contribution in [0.5, 0.6) is 0 Å². The monoisotopic (exact) mass is 281 g/mol. The molecule has 0 aromatic rings. The molecule has 3 atom stereocenters. The molecule has 0 aromatic heterocycles. The van der Waals surface area contributed by atoms with Crippen molar-refractivity contribution in [2.75, 3.05) is 7.11 Å². The van der Waals surface area contributed by atoms with Crippen LogP contribution in [0.15, 0.2) is 0 Å². The molecule has 2 saturated carbocycles. The van der Waals surface area contributed by atoms with E-state index < -0.39 is 0 Å². The summed E-state index contributed by atoms with van der Waals surface area (Å²) in [7, 11) is 1.89. The second-order valence-electron chi connectivity index (χ2n) is 8.08. The van der Waals surface area contributed by atoms with Gasteiger partial charge in [-0.25, -0.2) is 0 Å². The van der Waals surface area contributed by atoms with E-state index in [0.29, 0.717) is 11.3 Å². The van der Waals surface area contributed by atoms with Crippen molar-refractivity contribution in [2.24, 2.45) is 23.0 Å². The van der Waals surface area contributed by atoms with E-state index in [2.05, 4.69) is 20.8 Å². The first-order valence-corrected chi connectivity index (χ1v) is 8.75. The third-order valence-electron chi connectivity index (χ3n) is 6.42. The van der Waals surface area contributed by atoms with Gasteiger partial charge >= 0.3 is 0 Å². The first kappa shape index (κ1) is 16.3. The Morgan fingerprint density at radius 2 is 1.70 bits per heavy atom. The molecule has 2 N–H and O–H groups in total. The zero-order chi connectivity index (χ0) is 14.8. The van der Waals surface area contributed by atoms with Crippen LogP contribution in [0.2, 0.25) is 0 Å². The molecule has 0 amide bonds. The van der Waals surface area contributed by atoms with Crippen molar-refractivity contribution in [1.82, 2.24) is 0 Å². The normalized spacial score (nSPS) is 34.6. The van der Waals surface area contributed by atoms with Gasteiger partial charge in [-0.3, -0.25) is 0 Å². The van der Waals surface area contributed by atoms with E-state index >= 15 is 0 Å². The highest BCUT2D eigenvalue weighted by atomic mass is 16.5. The Labute approximate surface area is 125 Å². The molecule has 20 heavy (non-hydrogen) atoms. The van der Waals surface area contributed by atoms with E-state index in [1.165, 1.54) is 44.9 Å². The van der Waals surface area contributed by atoms with Crippen LogP contribution in [0.4, 0.5) is 0 Å². The molecule has 2 nitrogen and oxygen atoms in total. The SMILES string of the molecule is CCC1CCCCC1C(N)C1(OC)CCC(C)(C)CC1. The van der Waals surface area contributed by atoms with Crippen LogP contribution in [0, 0.1) is 17.3 Å². The minimum absolute atomic E-state index is 0.0506. The highest BCUT2D eigenvalue weighted by Gasteiger charge is 2.47. The van der Waals surface area contributed by atoms with Crippen molar-refractivity contribution < 1.29 is 4.74 Å². The Morgan fingerprint density at radius 1 is 1.10 bits per heavy atom. The molecule has 118 valence electrons. The van der Waals surface area contributed by atoms with Crippen molar-refractivity contribution in [3.63, 3.8) is 0 Å². The first-order chi connectivity index (χ1) is 9.44. The molecule has 2 heteroatoms. The fraction of sp³-hybridized carbons (Fsp3) is 1.00. The zero-order valence-corrected chi connectivity index (χ0v) is 14.1. The van der Waals surface area contributed by atoms with E-state index in [4.69, 9.17) is 10.5 Å². The molecule has 2 fully saturated rings. The molecule has 0 radical (unpaired) electrons. The van der Waals surface area contributed by atoms with Gasteiger partial charge in [0, 0.05) is 13.2 Å². The molecule has 0 aliphatic heterocycles. The average Bonchev–Trinajstić information content (AvgIpc) is 2.47. The summed E-state index contributed by atoms with van der Waals surface area (Å²) in [5.41, 5.74) is 7.22. The molecule has 0 heterocycles. The Balaban J connectivity index is 2.10. The molecular weight excluding hydrogens is 246 g/mol. The number of ether oxygens (including phenoxy) is 1. The van der Waals surface area contributed by atoms with Crippen molar-refractivity contribution in [3.05, 3.63) is 0 Å². The summed E-state index contributed by atoms with van der Waals surface area (Å²) in [6.45, 7) is 7.10. The molecule has 2 rings (SSSR count). The van der Waals surface area contributed by atoms with Gasteiger partial charge in [0.25, 0.3) is 0 Å². The number of hydrogen-bond donors (Lipinski definition) is 1. The summed E-state index contributed by atoms with van der Waals surface area (Å²) in [6.07, 6.45) is 11.5. The van der Waals surface area contributed by atoms with Gasteiger partial charge in [-0.1, -0.05) is 46.5 Å². The lowest BCUT2D eigenvalue weighted by atomic mass is 9.63. The molecule has 0 spiro atoms. The maximum atomic E-state index is 6.80. The standard InChI is InChI=1S/C18H35NO/c1-5-14-8-6-7-9-15(14)16(19)18(20-4)12-10-17(2,3)11-13-18/h14-16H,5-13,19H2,1-4H3. The molecule has 3 unspecified atom stereocenters. The van der Waals surface area contributed by atoms with Crippen molar-refractivity contribution in [3.8, 4) is 0 Å². The predicted molar refractivity (Wildman–Crippen MR) is 85.7 cm³/mol. The van der Waals surface area contributed by atoms with Gasteiger partial charge in [0.2, 0.25) is 0 Å². The summed E-state index contributed by atoms with van der Waals surface area (Å²) < 4.78 is 6.05. The molecule has 2 aliphatic rings. The maximum Gasteiger partial charge on any atom is 0.0832 e. The predicted octanol–water partition coefficient (Wildman–Crippen LogP) is 4.52. The Hall–Kier alpha value is -0.0800. The minimum atomic E-state index is -0.0506. The number of rotatable bonds is 4. The Kier molecular flexibility index (Phi) is 5.18. The van der Waals surface area contributed by atoms with Crippen LogP contribution in [0.25, 0.3) is 0 Å². The second-order valence-corrected chi connectivity index (χ2v) is 8.08. The lowest BCUT2D eigenvalue weighted by Gasteiger charge is -2.50. The van der Waals surface area contributed by atoms with Gasteiger partial charge in [0.1, 0.15) is 0 Å². The van der Waals surface area contributed by atoms with Gasteiger partial charge in [-0.05, 0) is 49.4 Å². The lowest BCUT2D eigenvalue weighted by Crippen LogP contribution is -2.57. The molecular formula is C18H35NO. The summed E-state index contributed by atoms with van der Waals surface area (Å²) in [4.78, 5) is 0. The summed E-state index contributed by atoms with van der Waals surface area (Å²) >= 11 is 0. The summed E-state index contributed by atoms with van der Waals surface area (Å²) in [6, 6.07) is 0.230. The molecule has 2 aliphatic carbocycles. The van der Waals surface area contributed by atoms with Gasteiger partial charge in [-0.15, -0.1) is 0 Å². The smallest absolute Gasteiger partial charge is 0.0832 e. The quantitative estimate of drug-likeness (QED) is 0.822.